The van der Waals surface area contributed by atoms with E-state index in [2.05, 4.69) is 5.32 Å². The molecule has 0 radical (unpaired) electrons. The zero-order valence-electron chi connectivity index (χ0n) is 10.1. The van der Waals surface area contributed by atoms with Crippen molar-refractivity contribution >= 4 is 5.97 Å². The molecular weight excluding hydrogens is 257 g/mol. The maximum Gasteiger partial charge on any atom is 0.335 e. The molecule has 6 nitrogen and oxygen atoms in total. The van der Waals surface area contributed by atoms with E-state index in [4.69, 9.17) is 20.4 Å². The van der Waals surface area contributed by atoms with Gasteiger partial charge in [0.1, 0.15) is 5.82 Å². The van der Waals surface area contributed by atoms with Crippen molar-refractivity contribution in [3.05, 3.63) is 35.1 Å². The minimum Gasteiger partial charge on any atom is -0.478 e. The van der Waals surface area contributed by atoms with Gasteiger partial charge < -0.3 is 25.7 Å². The van der Waals surface area contributed by atoms with Crippen LogP contribution in [-0.2, 0) is 6.54 Å². The van der Waals surface area contributed by atoms with Crippen molar-refractivity contribution < 1.29 is 29.6 Å². The van der Waals surface area contributed by atoms with E-state index in [0.29, 0.717) is 0 Å². The highest BCUT2D eigenvalue weighted by atomic mass is 19.1. The molecular formula is C12H16FNO5. The predicted molar refractivity (Wildman–Crippen MR) is 64.2 cm³/mol. The second kappa shape index (κ2) is 6.58. The first-order valence-corrected chi connectivity index (χ1v) is 5.57. The van der Waals surface area contributed by atoms with Crippen molar-refractivity contribution in [1.82, 2.24) is 5.32 Å². The fourth-order valence-corrected chi connectivity index (χ4v) is 1.44. The molecule has 0 fully saturated rings. The van der Waals surface area contributed by atoms with Crippen molar-refractivity contribution in [3.63, 3.8) is 0 Å². The third-order valence-corrected chi connectivity index (χ3v) is 2.85. The monoisotopic (exact) mass is 273 g/mol. The second-order valence-electron chi connectivity index (χ2n) is 4.22. The van der Waals surface area contributed by atoms with Crippen LogP contribution in [0.3, 0.4) is 0 Å². The van der Waals surface area contributed by atoms with Crippen molar-refractivity contribution in [2.24, 2.45) is 0 Å². The van der Waals surface area contributed by atoms with E-state index in [9.17, 15) is 9.18 Å². The molecule has 0 atom stereocenters. The lowest BCUT2D eigenvalue weighted by molar-refractivity contribution is 0.0411. The van der Waals surface area contributed by atoms with Crippen LogP contribution in [0.25, 0.3) is 0 Å². The van der Waals surface area contributed by atoms with Gasteiger partial charge in [0.2, 0.25) is 0 Å². The number of aromatic carboxylic acids is 1. The molecule has 0 aliphatic heterocycles. The summed E-state index contributed by atoms with van der Waals surface area (Å²) in [5.41, 5.74) is -1.34. The molecule has 0 unspecified atom stereocenters. The van der Waals surface area contributed by atoms with Crippen molar-refractivity contribution in [3.8, 4) is 0 Å². The highest BCUT2D eigenvalue weighted by Gasteiger charge is 2.27. The molecule has 0 spiro atoms. The number of hydrogen-bond acceptors (Lipinski definition) is 5. The van der Waals surface area contributed by atoms with E-state index in [1.807, 2.05) is 0 Å². The fraction of sp³-hybridized carbons (Fsp3) is 0.417. The summed E-state index contributed by atoms with van der Waals surface area (Å²) in [5, 5.41) is 38.7. The van der Waals surface area contributed by atoms with E-state index < -0.39 is 37.1 Å². The van der Waals surface area contributed by atoms with E-state index in [0.717, 1.165) is 18.2 Å². The summed E-state index contributed by atoms with van der Waals surface area (Å²) in [6.07, 6.45) is 0. The van der Waals surface area contributed by atoms with Crippen LogP contribution in [0.2, 0.25) is 0 Å². The molecule has 0 bridgehead atoms. The number of hydrogen-bond donors (Lipinski definition) is 5. The van der Waals surface area contributed by atoms with Crippen LogP contribution in [0.4, 0.5) is 4.39 Å². The lowest BCUT2D eigenvalue weighted by Crippen LogP contribution is -2.54. The van der Waals surface area contributed by atoms with Crippen LogP contribution < -0.4 is 5.32 Å². The molecule has 1 rings (SSSR count). The zero-order chi connectivity index (χ0) is 14.5. The molecule has 0 saturated heterocycles. The lowest BCUT2D eigenvalue weighted by Gasteiger charge is -2.29. The van der Waals surface area contributed by atoms with Gasteiger partial charge in [-0.05, 0) is 18.2 Å². The van der Waals surface area contributed by atoms with Crippen LogP contribution in [0.15, 0.2) is 18.2 Å². The summed E-state index contributed by atoms with van der Waals surface area (Å²) in [4.78, 5) is 10.8. The summed E-state index contributed by atoms with van der Waals surface area (Å²) >= 11 is 0. The van der Waals surface area contributed by atoms with Crippen LogP contribution in [0, 0.1) is 5.82 Å². The SMILES string of the molecule is O=C(O)c1ccc(F)c(CNC(CO)(CO)CO)c1. The summed E-state index contributed by atoms with van der Waals surface area (Å²) in [7, 11) is 0. The molecule has 7 heteroatoms. The molecule has 0 aliphatic carbocycles. The number of rotatable bonds is 7. The normalized spacial score (nSPS) is 11.6. The predicted octanol–water partition coefficient (Wildman–Crippen LogP) is -0.671. The Balaban J connectivity index is 2.87. The number of carboxylic acid groups (broad SMARTS) is 1. The number of benzene rings is 1. The number of aliphatic hydroxyl groups excluding tert-OH is 3. The second-order valence-corrected chi connectivity index (χ2v) is 4.22. The van der Waals surface area contributed by atoms with Gasteiger partial charge in [-0.3, -0.25) is 0 Å². The standard InChI is InChI=1S/C12H16FNO5/c13-10-2-1-8(11(18)19)3-9(10)4-14-12(5-15,6-16)7-17/h1-3,14-17H,4-7H2,(H,18,19). The Kier molecular flexibility index (Phi) is 5.37. The molecule has 0 saturated carbocycles. The third kappa shape index (κ3) is 3.71. The molecule has 106 valence electrons. The Hall–Kier alpha value is -1.54. The molecule has 5 N–H and O–H groups in total. The highest BCUT2D eigenvalue weighted by Crippen LogP contribution is 2.12. The lowest BCUT2D eigenvalue weighted by atomic mass is 10.0. The summed E-state index contributed by atoms with van der Waals surface area (Å²) < 4.78 is 13.5. The van der Waals surface area contributed by atoms with Gasteiger partial charge in [0.05, 0.1) is 30.9 Å². The fourth-order valence-electron chi connectivity index (χ4n) is 1.44. The van der Waals surface area contributed by atoms with Gasteiger partial charge in [-0.25, -0.2) is 9.18 Å². The molecule has 0 amide bonds. The van der Waals surface area contributed by atoms with Crippen molar-refractivity contribution in [2.75, 3.05) is 19.8 Å². The number of halogens is 1. The van der Waals surface area contributed by atoms with Crippen LogP contribution in [0.5, 0.6) is 0 Å². The zero-order valence-corrected chi connectivity index (χ0v) is 10.1. The quantitative estimate of drug-likeness (QED) is 0.451. The van der Waals surface area contributed by atoms with Gasteiger partial charge in [0.15, 0.2) is 0 Å². The largest absolute Gasteiger partial charge is 0.478 e. The topological polar surface area (TPSA) is 110 Å². The Bertz CT molecular complexity index is 439. The highest BCUT2D eigenvalue weighted by molar-refractivity contribution is 5.87. The average Bonchev–Trinajstić information content (AvgIpc) is 2.42. The van der Waals surface area contributed by atoms with E-state index >= 15 is 0 Å². The maximum absolute atomic E-state index is 13.5. The van der Waals surface area contributed by atoms with Gasteiger partial charge in [-0.2, -0.15) is 0 Å². The third-order valence-electron chi connectivity index (χ3n) is 2.85. The van der Waals surface area contributed by atoms with Gasteiger partial charge in [-0.1, -0.05) is 0 Å². The van der Waals surface area contributed by atoms with Gasteiger partial charge in [0.25, 0.3) is 0 Å². The maximum atomic E-state index is 13.5. The number of nitrogens with one attached hydrogen (secondary N) is 1. The Morgan fingerprint density at radius 2 is 1.79 bits per heavy atom. The molecule has 1 aromatic rings. The van der Waals surface area contributed by atoms with Crippen molar-refractivity contribution in [2.45, 2.75) is 12.1 Å². The van der Waals surface area contributed by atoms with Gasteiger partial charge in [0, 0.05) is 12.1 Å². The van der Waals surface area contributed by atoms with Crippen molar-refractivity contribution in [1.29, 1.82) is 0 Å². The number of carboxylic acids is 1. The molecule has 0 heterocycles. The first kappa shape index (κ1) is 15.5. The summed E-state index contributed by atoms with van der Waals surface area (Å²) in [6.45, 7) is -1.75. The Labute approximate surface area is 109 Å². The van der Waals surface area contributed by atoms with E-state index in [1.165, 1.54) is 0 Å². The Morgan fingerprint density at radius 3 is 2.26 bits per heavy atom. The van der Waals surface area contributed by atoms with E-state index in [1.54, 1.807) is 0 Å². The van der Waals surface area contributed by atoms with Gasteiger partial charge in [-0.15, -0.1) is 0 Å². The first-order valence-electron chi connectivity index (χ1n) is 5.57. The first-order chi connectivity index (χ1) is 8.98. The average molecular weight is 273 g/mol. The van der Waals surface area contributed by atoms with Crippen LogP contribution in [0.1, 0.15) is 15.9 Å². The smallest absolute Gasteiger partial charge is 0.335 e. The van der Waals surface area contributed by atoms with Crippen LogP contribution >= 0.6 is 0 Å². The van der Waals surface area contributed by atoms with E-state index in [-0.39, 0.29) is 17.7 Å². The number of carbonyl (C=O) groups is 1. The van der Waals surface area contributed by atoms with Gasteiger partial charge >= 0.3 is 5.97 Å². The molecule has 0 aliphatic rings. The minimum absolute atomic E-state index is 0.0687. The molecule has 19 heavy (non-hydrogen) atoms. The molecule has 1 aromatic carbocycles. The molecule has 0 aromatic heterocycles. The minimum atomic E-state index is -1.34. The summed E-state index contributed by atoms with van der Waals surface area (Å²) in [6, 6.07) is 3.32. The number of aliphatic hydroxyl groups is 3. The summed E-state index contributed by atoms with van der Waals surface area (Å²) in [5.74, 6) is -1.79. The van der Waals surface area contributed by atoms with Crippen LogP contribution in [-0.4, -0.2) is 51.8 Å². The Morgan fingerprint density at radius 1 is 1.21 bits per heavy atom.